The second kappa shape index (κ2) is 6.75. The Kier molecular flexibility index (Phi) is 5.94. The summed E-state index contributed by atoms with van der Waals surface area (Å²) in [5, 5.41) is 0. The second-order valence-corrected chi connectivity index (χ2v) is 8.00. The highest BCUT2D eigenvalue weighted by atomic mass is 32.2. The highest BCUT2D eigenvalue weighted by Crippen LogP contribution is 2.24. The van der Waals surface area contributed by atoms with E-state index < -0.39 is 10.0 Å². The summed E-state index contributed by atoms with van der Waals surface area (Å²) < 4.78 is 26.1. The van der Waals surface area contributed by atoms with Gasteiger partial charge in [0.1, 0.15) is 4.21 Å². The summed E-state index contributed by atoms with van der Waals surface area (Å²) in [6.07, 6.45) is 2.69. The minimum absolute atomic E-state index is 0.407. The molecule has 0 radical (unpaired) electrons. The predicted octanol–water partition coefficient (Wildman–Crippen LogP) is 1.23. The van der Waals surface area contributed by atoms with Crippen LogP contribution in [0.15, 0.2) is 16.3 Å². The molecule has 0 aliphatic rings. The highest BCUT2D eigenvalue weighted by Gasteiger charge is 2.22. The van der Waals surface area contributed by atoms with E-state index in [1.165, 1.54) is 15.6 Å². The third kappa shape index (κ3) is 3.96. The van der Waals surface area contributed by atoms with Crippen LogP contribution in [-0.2, 0) is 16.4 Å². The zero-order valence-corrected chi connectivity index (χ0v) is 12.5. The zero-order valence-electron chi connectivity index (χ0n) is 10.0. The Morgan fingerprint density at radius 2 is 2.18 bits per heavy atom. The van der Waals surface area contributed by atoms with Gasteiger partial charge in [-0.3, -0.25) is 0 Å². The van der Waals surface area contributed by atoms with E-state index in [1.807, 2.05) is 12.3 Å². The van der Waals surface area contributed by atoms with E-state index >= 15 is 0 Å². The van der Waals surface area contributed by atoms with Crippen molar-refractivity contribution in [2.45, 2.75) is 10.6 Å². The SMILES string of the molecule is CSCCN(C)S(=O)(=O)c1ccc(CCN)s1. The van der Waals surface area contributed by atoms with Crippen LogP contribution in [0.4, 0.5) is 0 Å². The number of hydrogen-bond acceptors (Lipinski definition) is 5. The van der Waals surface area contributed by atoms with Gasteiger partial charge in [0.25, 0.3) is 10.0 Å². The molecule has 1 heterocycles. The minimum atomic E-state index is -3.31. The summed E-state index contributed by atoms with van der Waals surface area (Å²) in [7, 11) is -1.69. The lowest BCUT2D eigenvalue weighted by Crippen LogP contribution is -2.28. The van der Waals surface area contributed by atoms with Crippen molar-refractivity contribution < 1.29 is 8.42 Å². The van der Waals surface area contributed by atoms with Crippen LogP contribution in [-0.4, -0.2) is 44.9 Å². The average Bonchev–Trinajstić information content (AvgIpc) is 2.75. The fourth-order valence-corrected chi connectivity index (χ4v) is 4.59. The van der Waals surface area contributed by atoms with Gasteiger partial charge in [0.2, 0.25) is 0 Å². The Bertz CT molecular complexity index is 442. The van der Waals surface area contributed by atoms with Gasteiger partial charge in [0, 0.05) is 24.2 Å². The van der Waals surface area contributed by atoms with Crippen LogP contribution in [0.3, 0.4) is 0 Å². The van der Waals surface area contributed by atoms with Gasteiger partial charge in [-0.2, -0.15) is 16.1 Å². The molecule has 2 N–H and O–H groups in total. The topological polar surface area (TPSA) is 63.4 Å². The second-order valence-electron chi connectivity index (χ2n) is 3.58. The summed E-state index contributed by atoms with van der Waals surface area (Å²) in [6.45, 7) is 1.08. The fourth-order valence-electron chi connectivity index (χ4n) is 1.27. The molecule has 7 heteroatoms. The van der Waals surface area contributed by atoms with Gasteiger partial charge < -0.3 is 5.73 Å². The number of nitrogens with two attached hydrogens (primary N) is 1. The molecule has 0 saturated heterocycles. The quantitative estimate of drug-likeness (QED) is 0.821. The van der Waals surface area contributed by atoms with E-state index in [0.717, 1.165) is 17.1 Å². The molecule has 0 fully saturated rings. The van der Waals surface area contributed by atoms with Crippen molar-refractivity contribution in [1.82, 2.24) is 4.31 Å². The van der Waals surface area contributed by atoms with Crippen LogP contribution in [0.5, 0.6) is 0 Å². The van der Waals surface area contributed by atoms with Crippen LogP contribution in [0, 0.1) is 0 Å². The molecule has 0 saturated carbocycles. The van der Waals surface area contributed by atoms with Gasteiger partial charge in [-0.1, -0.05) is 0 Å². The van der Waals surface area contributed by atoms with Crippen molar-refractivity contribution in [2.75, 3.05) is 32.1 Å². The van der Waals surface area contributed by atoms with Crippen molar-refractivity contribution in [3.63, 3.8) is 0 Å². The molecule has 1 rings (SSSR count). The van der Waals surface area contributed by atoms with E-state index in [1.54, 1.807) is 24.9 Å². The van der Waals surface area contributed by atoms with Gasteiger partial charge in [0.05, 0.1) is 0 Å². The molecule has 0 bridgehead atoms. The molecule has 0 amide bonds. The Morgan fingerprint density at radius 1 is 1.47 bits per heavy atom. The molecular weight excluding hydrogens is 276 g/mol. The van der Waals surface area contributed by atoms with E-state index in [4.69, 9.17) is 5.73 Å². The van der Waals surface area contributed by atoms with Gasteiger partial charge in [-0.25, -0.2) is 8.42 Å². The van der Waals surface area contributed by atoms with Crippen LogP contribution < -0.4 is 5.73 Å². The van der Waals surface area contributed by atoms with Crippen molar-refractivity contribution in [3.05, 3.63) is 17.0 Å². The maximum absolute atomic E-state index is 12.2. The van der Waals surface area contributed by atoms with E-state index in [0.29, 0.717) is 17.3 Å². The largest absolute Gasteiger partial charge is 0.330 e. The minimum Gasteiger partial charge on any atom is -0.330 e. The molecule has 0 unspecified atom stereocenters. The maximum Gasteiger partial charge on any atom is 0.252 e. The molecule has 0 aliphatic heterocycles. The molecule has 17 heavy (non-hydrogen) atoms. The number of nitrogens with zero attached hydrogens (tertiary/aromatic N) is 1. The van der Waals surface area contributed by atoms with Crippen molar-refractivity contribution in [2.24, 2.45) is 5.73 Å². The Labute approximate surface area is 111 Å². The monoisotopic (exact) mass is 294 g/mol. The molecule has 0 aliphatic carbocycles. The van der Waals surface area contributed by atoms with Gasteiger partial charge in [-0.05, 0) is 31.4 Å². The number of rotatable bonds is 7. The summed E-state index contributed by atoms with van der Waals surface area (Å²) in [4.78, 5) is 1.02. The number of hydrogen-bond donors (Lipinski definition) is 1. The van der Waals surface area contributed by atoms with Crippen LogP contribution in [0.2, 0.25) is 0 Å². The maximum atomic E-state index is 12.2. The first-order chi connectivity index (χ1) is 8.02. The molecule has 0 atom stereocenters. The molecule has 4 nitrogen and oxygen atoms in total. The van der Waals surface area contributed by atoms with E-state index in [9.17, 15) is 8.42 Å². The van der Waals surface area contributed by atoms with Gasteiger partial charge in [-0.15, -0.1) is 11.3 Å². The summed E-state index contributed by atoms with van der Waals surface area (Å²) in [6, 6.07) is 3.51. The summed E-state index contributed by atoms with van der Waals surface area (Å²) in [5.74, 6) is 0.802. The Hall–Kier alpha value is -0.0800. The molecular formula is C10H18N2O2S3. The van der Waals surface area contributed by atoms with Crippen molar-refractivity contribution in [1.29, 1.82) is 0 Å². The lowest BCUT2D eigenvalue weighted by atomic mass is 10.3. The molecule has 0 aromatic carbocycles. The lowest BCUT2D eigenvalue weighted by Gasteiger charge is -2.14. The smallest absolute Gasteiger partial charge is 0.252 e. The van der Waals surface area contributed by atoms with Gasteiger partial charge >= 0.3 is 0 Å². The summed E-state index contributed by atoms with van der Waals surface area (Å²) in [5.41, 5.74) is 5.45. The first-order valence-electron chi connectivity index (χ1n) is 5.26. The molecule has 1 aromatic heterocycles. The third-order valence-corrected chi connectivity index (χ3v) is 6.36. The lowest BCUT2D eigenvalue weighted by molar-refractivity contribution is 0.490. The number of sulfonamides is 1. The first kappa shape index (κ1) is 15.0. The van der Waals surface area contributed by atoms with Crippen molar-refractivity contribution in [3.8, 4) is 0 Å². The molecule has 1 aromatic rings. The number of thiophene rings is 1. The molecule has 98 valence electrons. The third-order valence-electron chi connectivity index (χ3n) is 2.30. The van der Waals surface area contributed by atoms with Crippen LogP contribution >= 0.6 is 23.1 Å². The fraction of sp³-hybridized carbons (Fsp3) is 0.600. The average molecular weight is 294 g/mol. The van der Waals surface area contributed by atoms with E-state index in [2.05, 4.69) is 0 Å². The Balaban J connectivity index is 2.81. The first-order valence-corrected chi connectivity index (χ1v) is 8.91. The number of thioether (sulfide) groups is 1. The Morgan fingerprint density at radius 3 is 2.76 bits per heavy atom. The van der Waals surface area contributed by atoms with E-state index in [-0.39, 0.29) is 0 Å². The summed E-state index contributed by atoms with van der Waals surface area (Å²) >= 11 is 2.95. The van der Waals surface area contributed by atoms with Crippen LogP contribution in [0.25, 0.3) is 0 Å². The normalized spacial score (nSPS) is 12.2. The van der Waals surface area contributed by atoms with Gasteiger partial charge in [0.15, 0.2) is 0 Å². The van der Waals surface area contributed by atoms with Crippen LogP contribution in [0.1, 0.15) is 4.88 Å². The highest BCUT2D eigenvalue weighted by molar-refractivity contribution is 7.98. The standard InChI is InChI=1S/C10H18N2O2S3/c1-12(7-8-15-2)17(13,14)10-4-3-9(16-10)5-6-11/h3-4H,5-8,11H2,1-2H3. The molecule has 0 spiro atoms. The van der Waals surface area contributed by atoms with Crippen molar-refractivity contribution >= 4 is 33.1 Å². The zero-order chi connectivity index (χ0) is 12.9. The predicted molar refractivity (Wildman–Crippen MR) is 75.3 cm³/mol.